The lowest BCUT2D eigenvalue weighted by atomic mass is 10.0. The van der Waals surface area contributed by atoms with Crippen LogP contribution in [0.4, 0.5) is 0 Å². The number of benzene rings is 1. The molecule has 2 rings (SSSR count). The molecular formula is C10H12BrCl2N. The highest BCUT2D eigenvalue weighted by molar-refractivity contribution is 9.10. The van der Waals surface area contributed by atoms with Crippen molar-refractivity contribution in [3.63, 3.8) is 0 Å². The van der Waals surface area contributed by atoms with Crippen LogP contribution in [-0.2, 0) is 0 Å². The Labute approximate surface area is 104 Å². The molecule has 1 fully saturated rings. The highest BCUT2D eigenvalue weighted by Gasteiger charge is 2.30. The Kier molecular flexibility index (Phi) is 4.26. The first-order chi connectivity index (χ1) is 6.18. The van der Waals surface area contributed by atoms with E-state index >= 15 is 0 Å². The molecule has 0 aliphatic heterocycles. The first-order valence-corrected chi connectivity index (χ1v) is 5.56. The van der Waals surface area contributed by atoms with Crippen LogP contribution in [0.3, 0.4) is 0 Å². The van der Waals surface area contributed by atoms with Crippen LogP contribution in [-0.4, -0.2) is 0 Å². The Morgan fingerprint density at radius 3 is 2.64 bits per heavy atom. The van der Waals surface area contributed by atoms with Gasteiger partial charge in [-0.1, -0.05) is 27.5 Å². The Bertz CT molecular complexity index is 326. The van der Waals surface area contributed by atoms with Gasteiger partial charge in [0.1, 0.15) is 0 Å². The van der Waals surface area contributed by atoms with Gasteiger partial charge in [0.15, 0.2) is 0 Å². The maximum atomic E-state index is 6.06. The van der Waals surface area contributed by atoms with Crippen LogP contribution < -0.4 is 5.73 Å². The molecule has 0 heterocycles. The minimum Gasteiger partial charge on any atom is -0.324 e. The molecule has 0 bridgehead atoms. The quantitative estimate of drug-likeness (QED) is 0.879. The zero-order chi connectivity index (χ0) is 9.42. The number of rotatable bonds is 2. The van der Waals surface area contributed by atoms with E-state index in [0.29, 0.717) is 5.92 Å². The zero-order valence-corrected chi connectivity index (χ0v) is 10.7. The Morgan fingerprint density at radius 2 is 2.07 bits per heavy atom. The van der Waals surface area contributed by atoms with Gasteiger partial charge in [-0.05, 0) is 42.5 Å². The van der Waals surface area contributed by atoms with Gasteiger partial charge >= 0.3 is 0 Å². The highest BCUT2D eigenvalue weighted by Crippen LogP contribution is 2.41. The zero-order valence-electron chi connectivity index (χ0n) is 7.54. The molecule has 1 saturated carbocycles. The summed E-state index contributed by atoms with van der Waals surface area (Å²) in [4.78, 5) is 0. The van der Waals surface area contributed by atoms with E-state index in [0.717, 1.165) is 15.1 Å². The van der Waals surface area contributed by atoms with E-state index in [1.165, 1.54) is 12.8 Å². The van der Waals surface area contributed by atoms with Gasteiger partial charge in [0.25, 0.3) is 0 Å². The number of hydrogen-bond donors (Lipinski definition) is 1. The summed E-state index contributed by atoms with van der Waals surface area (Å²) in [6.07, 6.45) is 2.48. The van der Waals surface area contributed by atoms with E-state index in [1.54, 1.807) is 0 Å². The number of nitrogens with two attached hydrogens (primary N) is 1. The summed E-state index contributed by atoms with van der Waals surface area (Å²) in [5.41, 5.74) is 7.13. The fourth-order valence-corrected chi connectivity index (χ4v) is 2.10. The molecule has 1 aromatic rings. The SMILES string of the molecule is Cl.N[C@H](c1cc(Br)ccc1Cl)C1CC1. The molecule has 0 unspecified atom stereocenters. The first kappa shape index (κ1) is 12.3. The van der Waals surface area contributed by atoms with Crippen molar-refractivity contribution in [1.82, 2.24) is 0 Å². The summed E-state index contributed by atoms with van der Waals surface area (Å²) in [5, 5.41) is 0.780. The second-order valence-electron chi connectivity index (χ2n) is 3.53. The lowest BCUT2D eigenvalue weighted by molar-refractivity contribution is 0.633. The maximum absolute atomic E-state index is 6.06. The van der Waals surface area contributed by atoms with Crippen molar-refractivity contribution in [3.05, 3.63) is 33.3 Å². The van der Waals surface area contributed by atoms with Crippen LogP contribution in [0, 0.1) is 5.92 Å². The van der Waals surface area contributed by atoms with Gasteiger partial charge < -0.3 is 5.73 Å². The van der Waals surface area contributed by atoms with E-state index < -0.39 is 0 Å². The van der Waals surface area contributed by atoms with Gasteiger partial charge in [0.2, 0.25) is 0 Å². The summed E-state index contributed by atoms with van der Waals surface area (Å²) in [5.74, 6) is 0.645. The van der Waals surface area contributed by atoms with E-state index in [2.05, 4.69) is 15.9 Å². The fourth-order valence-electron chi connectivity index (χ4n) is 1.48. The topological polar surface area (TPSA) is 26.0 Å². The lowest BCUT2D eigenvalue weighted by Crippen LogP contribution is -2.12. The molecule has 1 aliphatic carbocycles. The molecule has 1 aliphatic rings. The van der Waals surface area contributed by atoms with Gasteiger partial charge in [-0.3, -0.25) is 0 Å². The summed E-state index contributed by atoms with van der Waals surface area (Å²) in [7, 11) is 0. The van der Waals surface area contributed by atoms with Gasteiger partial charge in [-0.2, -0.15) is 0 Å². The van der Waals surface area contributed by atoms with Crippen LogP contribution in [0.1, 0.15) is 24.4 Å². The van der Waals surface area contributed by atoms with Crippen LogP contribution in [0.25, 0.3) is 0 Å². The maximum Gasteiger partial charge on any atom is 0.0454 e. The largest absolute Gasteiger partial charge is 0.324 e. The molecule has 0 radical (unpaired) electrons. The summed E-state index contributed by atoms with van der Waals surface area (Å²) in [6, 6.07) is 5.96. The third-order valence-corrected chi connectivity index (χ3v) is 3.28. The lowest BCUT2D eigenvalue weighted by Gasteiger charge is -2.12. The normalized spacial score (nSPS) is 17.4. The molecular weight excluding hydrogens is 285 g/mol. The van der Waals surface area contributed by atoms with Gasteiger partial charge in [-0.25, -0.2) is 0 Å². The molecule has 1 nitrogen and oxygen atoms in total. The van der Waals surface area contributed by atoms with Crippen molar-refractivity contribution in [1.29, 1.82) is 0 Å². The van der Waals surface area contributed by atoms with Crippen molar-refractivity contribution >= 4 is 39.9 Å². The molecule has 4 heteroatoms. The Balaban J connectivity index is 0.000000980. The van der Waals surface area contributed by atoms with Crippen LogP contribution in [0.15, 0.2) is 22.7 Å². The van der Waals surface area contributed by atoms with Gasteiger partial charge in [-0.15, -0.1) is 12.4 Å². The van der Waals surface area contributed by atoms with Crippen molar-refractivity contribution in [3.8, 4) is 0 Å². The van der Waals surface area contributed by atoms with Crippen molar-refractivity contribution in [2.75, 3.05) is 0 Å². The van der Waals surface area contributed by atoms with Crippen molar-refractivity contribution in [2.24, 2.45) is 11.7 Å². The molecule has 0 amide bonds. The molecule has 0 aromatic heterocycles. The molecule has 2 N–H and O–H groups in total. The minimum atomic E-state index is 0. The van der Waals surface area contributed by atoms with Crippen molar-refractivity contribution < 1.29 is 0 Å². The average molecular weight is 297 g/mol. The highest BCUT2D eigenvalue weighted by atomic mass is 79.9. The van der Waals surface area contributed by atoms with E-state index in [-0.39, 0.29) is 18.4 Å². The van der Waals surface area contributed by atoms with Crippen LogP contribution in [0.2, 0.25) is 5.02 Å². The van der Waals surface area contributed by atoms with E-state index in [9.17, 15) is 0 Å². The van der Waals surface area contributed by atoms with E-state index in [4.69, 9.17) is 17.3 Å². The van der Waals surface area contributed by atoms with Crippen molar-refractivity contribution in [2.45, 2.75) is 18.9 Å². The average Bonchev–Trinajstić information content (AvgIpc) is 2.91. The molecule has 1 aromatic carbocycles. The Morgan fingerprint density at radius 1 is 1.43 bits per heavy atom. The summed E-state index contributed by atoms with van der Waals surface area (Å²) < 4.78 is 1.04. The van der Waals surface area contributed by atoms with Gasteiger partial charge in [0, 0.05) is 15.5 Å². The number of hydrogen-bond acceptors (Lipinski definition) is 1. The predicted molar refractivity (Wildman–Crippen MR) is 66.1 cm³/mol. The smallest absolute Gasteiger partial charge is 0.0454 e. The number of halogens is 3. The third kappa shape index (κ3) is 2.63. The van der Waals surface area contributed by atoms with Crippen LogP contribution >= 0.6 is 39.9 Å². The molecule has 78 valence electrons. The summed E-state index contributed by atoms with van der Waals surface area (Å²) in [6.45, 7) is 0. The third-order valence-electron chi connectivity index (χ3n) is 2.45. The van der Waals surface area contributed by atoms with Crippen LogP contribution in [0.5, 0.6) is 0 Å². The molecule has 1 atom stereocenters. The summed E-state index contributed by atoms with van der Waals surface area (Å²) >= 11 is 9.48. The fraction of sp³-hybridized carbons (Fsp3) is 0.400. The first-order valence-electron chi connectivity index (χ1n) is 4.39. The van der Waals surface area contributed by atoms with E-state index in [1.807, 2.05) is 18.2 Å². The minimum absolute atomic E-state index is 0. The molecule has 0 spiro atoms. The monoisotopic (exact) mass is 295 g/mol. The predicted octanol–water partition coefficient (Wildman–Crippen LogP) is 3.93. The Hall–Kier alpha value is 0.240. The van der Waals surface area contributed by atoms with Gasteiger partial charge in [0.05, 0.1) is 0 Å². The molecule has 14 heavy (non-hydrogen) atoms. The second kappa shape index (κ2) is 4.84. The standard InChI is InChI=1S/C10H11BrClN.ClH/c11-7-3-4-9(12)8(5-7)10(13)6-1-2-6;/h3-6,10H,1-2,13H2;1H/t10-;/m0./s1. The molecule has 0 saturated heterocycles. The second-order valence-corrected chi connectivity index (χ2v) is 4.85.